The van der Waals surface area contributed by atoms with Gasteiger partial charge in [0.2, 0.25) is 11.6 Å². The Labute approximate surface area is 137 Å². The third-order valence-electron chi connectivity index (χ3n) is 3.13. The number of isocyanates is 1. The fourth-order valence-corrected chi connectivity index (χ4v) is 2.58. The predicted octanol–water partition coefficient (Wildman–Crippen LogP) is -2.70. The van der Waals surface area contributed by atoms with Crippen molar-refractivity contribution in [2.45, 2.75) is 31.3 Å². The molecular weight excluding hydrogens is 347 g/mol. The molecule has 13 heteroatoms. The van der Waals surface area contributed by atoms with E-state index in [1.165, 1.54) is 0 Å². The zero-order valence-corrected chi connectivity index (χ0v) is 13.6. The fraction of sp³-hybridized carbons (Fsp3) is 0.636. The van der Waals surface area contributed by atoms with Gasteiger partial charge in [-0.3, -0.25) is 4.57 Å². The standard InChI is InChI=1S/C10H20N3O7P.CHNO/c1-4-5(13-10(11)12)2-7(21(17,18)19)20-9(4)8(16)6(15)3-14;2-1-3/h2,4-6,8-9,14-16H,3H2,1H3,(H4,11,12,13)(H2,17,18,19);2H/t4-,5+,6-,8-,9-;/m1./s1. The van der Waals surface area contributed by atoms with Crippen LogP contribution in [0.15, 0.2) is 16.6 Å². The number of ether oxygens (including phenoxy) is 1. The van der Waals surface area contributed by atoms with Crippen LogP contribution in [0.3, 0.4) is 0 Å². The maximum absolute atomic E-state index is 11.3. The molecule has 1 aliphatic heterocycles. The molecular formula is C11H21N4O8P. The number of aliphatic imine (C=N–C) groups is 1. The molecule has 1 rings (SSSR count). The van der Waals surface area contributed by atoms with Crippen LogP contribution in [0.2, 0.25) is 0 Å². The first kappa shape index (κ1) is 22.2. The highest BCUT2D eigenvalue weighted by molar-refractivity contribution is 7.56. The van der Waals surface area contributed by atoms with Crippen molar-refractivity contribution in [2.75, 3.05) is 6.61 Å². The SMILES string of the molecule is C[C@H]1[C@H]([C@H](O)[C@H](O)CO)OC(P(=O)(O)O)=C[C@@H]1N=C(N)N.N=C=O. The molecule has 0 aliphatic carbocycles. The summed E-state index contributed by atoms with van der Waals surface area (Å²) in [6.45, 7) is 0.831. The summed E-state index contributed by atoms with van der Waals surface area (Å²) in [5, 5.41) is 33.7. The summed E-state index contributed by atoms with van der Waals surface area (Å²) in [6.07, 6.45) is -2.49. The van der Waals surface area contributed by atoms with E-state index in [1.807, 2.05) is 0 Å². The van der Waals surface area contributed by atoms with E-state index in [9.17, 15) is 24.6 Å². The second kappa shape index (κ2) is 9.50. The Morgan fingerprint density at radius 2 is 2.00 bits per heavy atom. The van der Waals surface area contributed by atoms with Crippen LogP contribution in [0, 0.1) is 11.3 Å². The smallest absolute Gasteiger partial charge is 0.390 e. The summed E-state index contributed by atoms with van der Waals surface area (Å²) in [5.41, 5.74) is 9.83. The molecule has 10 N–H and O–H groups in total. The van der Waals surface area contributed by atoms with Crippen LogP contribution >= 0.6 is 7.60 Å². The molecule has 5 atom stereocenters. The Balaban J connectivity index is 0.00000163. The lowest BCUT2D eigenvalue weighted by atomic mass is 9.89. The van der Waals surface area contributed by atoms with Crippen LogP contribution in [-0.4, -0.2) is 68.1 Å². The van der Waals surface area contributed by atoms with Crippen LogP contribution in [0.5, 0.6) is 0 Å². The van der Waals surface area contributed by atoms with E-state index in [2.05, 4.69) is 4.99 Å². The Morgan fingerprint density at radius 3 is 2.38 bits per heavy atom. The lowest BCUT2D eigenvalue weighted by Crippen LogP contribution is -2.49. The molecule has 1 heterocycles. The molecule has 12 nitrogen and oxygen atoms in total. The van der Waals surface area contributed by atoms with Gasteiger partial charge in [0.15, 0.2) is 5.96 Å². The average Bonchev–Trinajstić information content (AvgIpc) is 2.47. The first-order chi connectivity index (χ1) is 11.0. The number of nitrogens with zero attached hydrogens (tertiary/aromatic N) is 1. The minimum atomic E-state index is -4.73. The van der Waals surface area contributed by atoms with Crippen molar-refractivity contribution in [3.63, 3.8) is 0 Å². The topological polar surface area (TPSA) is 233 Å². The van der Waals surface area contributed by atoms with Gasteiger partial charge in [-0.15, -0.1) is 0 Å². The van der Waals surface area contributed by atoms with Crippen molar-refractivity contribution in [1.29, 1.82) is 5.41 Å². The summed E-state index contributed by atoms with van der Waals surface area (Å²) in [4.78, 5) is 30.5. The van der Waals surface area contributed by atoms with Crippen molar-refractivity contribution >= 4 is 19.6 Å². The Bertz CT molecular complexity index is 552. The van der Waals surface area contributed by atoms with E-state index >= 15 is 0 Å². The number of rotatable bonds is 5. The van der Waals surface area contributed by atoms with Gasteiger partial charge in [-0.1, -0.05) is 6.92 Å². The molecule has 0 amide bonds. The number of hydrogen-bond donors (Lipinski definition) is 8. The van der Waals surface area contributed by atoms with Crippen LogP contribution in [-0.2, 0) is 14.1 Å². The van der Waals surface area contributed by atoms with Crippen molar-refractivity contribution in [3.8, 4) is 0 Å². The molecule has 0 unspecified atom stereocenters. The number of carbonyl (C=O) groups excluding carboxylic acids is 1. The molecule has 0 radical (unpaired) electrons. The molecule has 0 aromatic rings. The summed E-state index contributed by atoms with van der Waals surface area (Å²) in [5.74, 6) is -0.899. The summed E-state index contributed by atoms with van der Waals surface area (Å²) >= 11 is 0. The average molecular weight is 368 g/mol. The molecule has 1 aliphatic rings. The predicted molar refractivity (Wildman–Crippen MR) is 81.3 cm³/mol. The van der Waals surface area contributed by atoms with E-state index in [0.717, 1.165) is 12.2 Å². The van der Waals surface area contributed by atoms with Crippen LogP contribution < -0.4 is 11.5 Å². The Morgan fingerprint density at radius 1 is 1.50 bits per heavy atom. The lowest BCUT2D eigenvalue weighted by Gasteiger charge is -2.37. The highest BCUT2D eigenvalue weighted by Gasteiger charge is 2.42. The van der Waals surface area contributed by atoms with Crippen molar-refractivity contribution in [2.24, 2.45) is 22.4 Å². The summed E-state index contributed by atoms with van der Waals surface area (Å²) < 4.78 is 16.4. The highest BCUT2D eigenvalue weighted by atomic mass is 31.2. The number of nitrogens with two attached hydrogens (primary N) is 2. The molecule has 0 bridgehead atoms. The highest BCUT2D eigenvalue weighted by Crippen LogP contribution is 2.49. The Kier molecular flexibility index (Phi) is 8.80. The van der Waals surface area contributed by atoms with Gasteiger partial charge in [-0.25, -0.2) is 15.2 Å². The summed E-state index contributed by atoms with van der Waals surface area (Å²) in [6, 6.07) is -0.850. The Hall–Kier alpha value is -1.78. The maximum atomic E-state index is 11.3. The monoisotopic (exact) mass is 368 g/mol. The number of nitrogens with one attached hydrogen (secondary N) is 1. The van der Waals surface area contributed by atoms with Gasteiger partial charge < -0.3 is 41.3 Å². The normalized spacial score (nSPS) is 25.8. The second-order valence-electron chi connectivity index (χ2n) is 4.88. The van der Waals surface area contributed by atoms with Gasteiger partial charge >= 0.3 is 7.60 Å². The molecule has 24 heavy (non-hydrogen) atoms. The van der Waals surface area contributed by atoms with Gasteiger partial charge in [0.1, 0.15) is 18.3 Å². The fourth-order valence-electron chi connectivity index (χ4n) is 1.98. The first-order valence-corrected chi connectivity index (χ1v) is 8.15. The molecule has 0 saturated carbocycles. The van der Waals surface area contributed by atoms with Gasteiger partial charge in [-0.05, 0) is 6.08 Å². The van der Waals surface area contributed by atoms with E-state index < -0.39 is 50.0 Å². The number of aliphatic hydroxyl groups is 3. The molecule has 0 aromatic heterocycles. The zero-order chi connectivity index (χ0) is 19.1. The molecule has 0 aromatic carbocycles. The summed E-state index contributed by atoms with van der Waals surface area (Å²) in [7, 11) is -4.73. The minimum absolute atomic E-state index is 0.300. The number of aliphatic hydroxyl groups excluding tert-OH is 3. The number of guanidine groups is 1. The molecule has 0 saturated heterocycles. The van der Waals surface area contributed by atoms with E-state index in [1.54, 1.807) is 6.92 Å². The zero-order valence-electron chi connectivity index (χ0n) is 12.7. The molecule has 0 fully saturated rings. The third-order valence-corrected chi connectivity index (χ3v) is 3.96. The first-order valence-electron chi connectivity index (χ1n) is 6.53. The molecule has 0 spiro atoms. The van der Waals surface area contributed by atoms with E-state index in [4.69, 9.17) is 31.5 Å². The molecule has 138 valence electrons. The van der Waals surface area contributed by atoms with Gasteiger partial charge in [-0.2, -0.15) is 0 Å². The van der Waals surface area contributed by atoms with Crippen LogP contribution in [0.4, 0.5) is 0 Å². The van der Waals surface area contributed by atoms with Crippen molar-refractivity contribution < 1.29 is 39.2 Å². The van der Waals surface area contributed by atoms with E-state index in [-0.39, 0.29) is 5.96 Å². The second-order valence-corrected chi connectivity index (χ2v) is 6.41. The van der Waals surface area contributed by atoms with E-state index in [0.29, 0.717) is 0 Å². The largest absolute Gasteiger partial charge is 0.479 e. The van der Waals surface area contributed by atoms with Crippen LogP contribution in [0.1, 0.15) is 6.92 Å². The van der Waals surface area contributed by atoms with Gasteiger partial charge in [0, 0.05) is 5.92 Å². The minimum Gasteiger partial charge on any atom is -0.479 e. The van der Waals surface area contributed by atoms with Crippen molar-refractivity contribution in [1.82, 2.24) is 0 Å². The van der Waals surface area contributed by atoms with Crippen molar-refractivity contribution in [3.05, 3.63) is 11.6 Å². The third kappa shape index (κ3) is 6.38. The lowest BCUT2D eigenvalue weighted by molar-refractivity contribution is -0.106. The maximum Gasteiger partial charge on any atom is 0.390 e. The van der Waals surface area contributed by atoms with Crippen LogP contribution in [0.25, 0.3) is 0 Å². The van der Waals surface area contributed by atoms with Gasteiger partial charge in [0.05, 0.1) is 12.6 Å². The number of hydrogen-bond acceptors (Lipinski definition) is 8. The van der Waals surface area contributed by atoms with Gasteiger partial charge in [0.25, 0.3) is 0 Å². The quantitative estimate of drug-likeness (QED) is 0.108.